The molecular formula is C26H27N3O3S2. The standard InChI is InChI=1S/C26H27N3O3S2/c1-19-9-11-20(12-10-19)34(31,32)24-18-27(2)22-7-4-3-6-21(22)25(24)28-13-15-29(16-14-28)26(30)23-8-5-17-33-23/h3-12,17H,13-16,18H2,1-2H3. The number of thiophene rings is 1. The van der Waals surface area contributed by atoms with E-state index in [2.05, 4.69) is 4.90 Å². The Bertz CT molecular complexity index is 1340. The van der Waals surface area contributed by atoms with Crippen molar-refractivity contribution < 1.29 is 13.2 Å². The summed E-state index contributed by atoms with van der Waals surface area (Å²) in [6, 6.07) is 18.7. The number of rotatable bonds is 4. The molecule has 3 heterocycles. The molecule has 6 nitrogen and oxygen atoms in total. The molecule has 2 aromatic carbocycles. The third-order valence-electron chi connectivity index (χ3n) is 6.49. The van der Waals surface area contributed by atoms with Crippen LogP contribution in [0.5, 0.6) is 0 Å². The predicted octanol–water partition coefficient (Wildman–Crippen LogP) is 4.11. The maximum Gasteiger partial charge on any atom is 0.264 e. The van der Waals surface area contributed by atoms with Gasteiger partial charge in [0.15, 0.2) is 0 Å². The number of hydrogen-bond acceptors (Lipinski definition) is 6. The second kappa shape index (κ2) is 8.92. The number of sulfone groups is 1. The minimum Gasteiger partial charge on any atom is -0.369 e. The van der Waals surface area contributed by atoms with Crippen molar-refractivity contribution >= 4 is 38.5 Å². The Kier molecular flexibility index (Phi) is 5.95. The highest BCUT2D eigenvalue weighted by Gasteiger charge is 2.35. The number of nitrogens with zero attached hydrogens (tertiary/aromatic N) is 3. The van der Waals surface area contributed by atoms with Crippen LogP contribution in [-0.2, 0) is 9.84 Å². The monoisotopic (exact) mass is 493 g/mol. The first kappa shape index (κ1) is 22.7. The van der Waals surface area contributed by atoms with Gasteiger partial charge in [0.05, 0.1) is 26.9 Å². The summed E-state index contributed by atoms with van der Waals surface area (Å²) in [5.74, 6) is 0.0416. The lowest BCUT2D eigenvalue weighted by Crippen LogP contribution is -2.49. The number of fused-ring (bicyclic) bond motifs is 1. The van der Waals surface area contributed by atoms with E-state index in [4.69, 9.17) is 0 Å². The molecule has 1 aromatic heterocycles. The fourth-order valence-electron chi connectivity index (χ4n) is 4.64. The van der Waals surface area contributed by atoms with E-state index < -0.39 is 9.84 Å². The number of amides is 1. The average Bonchev–Trinajstić information content (AvgIpc) is 3.39. The molecule has 0 N–H and O–H groups in total. The Morgan fingerprint density at radius 3 is 2.29 bits per heavy atom. The normalized spacial score (nSPS) is 16.6. The molecule has 1 fully saturated rings. The van der Waals surface area contributed by atoms with Crippen LogP contribution in [0, 0.1) is 6.92 Å². The molecule has 0 unspecified atom stereocenters. The van der Waals surface area contributed by atoms with E-state index in [1.807, 2.05) is 77.7 Å². The van der Waals surface area contributed by atoms with E-state index in [-0.39, 0.29) is 5.91 Å². The van der Waals surface area contributed by atoms with Crippen LogP contribution in [0.1, 0.15) is 20.8 Å². The molecule has 1 amide bonds. The number of para-hydroxylation sites is 1. The molecule has 3 aromatic rings. The van der Waals surface area contributed by atoms with Gasteiger partial charge in [0.2, 0.25) is 9.84 Å². The zero-order chi connectivity index (χ0) is 23.9. The number of anilines is 1. The zero-order valence-corrected chi connectivity index (χ0v) is 20.9. The van der Waals surface area contributed by atoms with Crippen molar-refractivity contribution in [3.05, 3.63) is 87.0 Å². The summed E-state index contributed by atoms with van der Waals surface area (Å²) in [5, 5.41) is 1.91. The minimum atomic E-state index is -3.70. The fourth-order valence-corrected chi connectivity index (χ4v) is 6.97. The highest BCUT2D eigenvalue weighted by Crippen LogP contribution is 2.40. The van der Waals surface area contributed by atoms with Crippen molar-refractivity contribution in [2.24, 2.45) is 0 Å². The number of aryl methyl sites for hydroxylation is 1. The van der Waals surface area contributed by atoms with Gasteiger partial charge in [0.25, 0.3) is 5.91 Å². The van der Waals surface area contributed by atoms with Gasteiger partial charge in [0.1, 0.15) is 0 Å². The van der Waals surface area contributed by atoms with Crippen LogP contribution < -0.4 is 4.90 Å². The molecule has 1 saturated heterocycles. The molecule has 0 saturated carbocycles. The summed E-state index contributed by atoms with van der Waals surface area (Å²) in [7, 11) is -1.77. The molecule has 0 radical (unpaired) electrons. The van der Waals surface area contributed by atoms with Gasteiger partial charge >= 0.3 is 0 Å². The first-order valence-corrected chi connectivity index (χ1v) is 13.7. The molecular weight excluding hydrogens is 466 g/mol. The number of benzene rings is 2. The van der Waals surface area contributed by atoms with Gasteiger partial charge in [-0.25, -0.2) is 8.42 Å². The van der Waals surface area contributed by atoms with Crippen molar-refractivity contribution in [3.8, 4) is 0 Å². The molecule has 176 valence electrons. The molecule has 0 spiro atoms. The van der Waals surface area contributed by atoms with Gasteiger partial charge < -0.3 is 14.7 Å². The van der Waals surface area contributed by atoms with Crippen molar-refractivity contribution in [2.45, 2.75) is 11.8 Å². The summed E-state index contributed by atoms with van der Waals surface area (Å²) in [6.07, 6.45) is 0. The summed E-state index contributed by atoms with van der Waals surface area (Å²) in [6.45, 7) is 4.51. The van der Waals surface area contributed by atoms with Gasteiger partial charge in [-0.15, -0.1) is 11.3 Å². The highest BCUT2D eigenvalue weighted by molar-refractivity contribution is 7.95. The smallest absolute Gasteiger partial charge is 0.264 e. The van der Waals surface area contributed by atoms with E-state index in [0.717, 1.165) is 27.4 Å². The van der Waals surface area contributed by atoms with Gasteiger partial charge in [-0.05, 0) is 36.6 Å². The lowest BCUT2D eigenvalue weighted by atomic mass is 10.0. The SMILES string of the molecule is Cc1ccc(S(=O)(=O)C2=C(N3CCN(C(=O)c4cccs4)CC3)c3ccccc3N(C)C2)cc1. The van der Waals surface area contributed by atoms with Crippen LogP contribution in [0.3, 0.4) is 0 Å². The third-order valence-corrected chi connectivity index (χ3v) is 9.21. The van der Waals surface area contributed by atoms with E-state index in [9.17, 15) is 13.2 Å². The van der Waals surface area contributed by atoms with Gasteiger partial charge in [0, 0.05) is 44.5 Å². The summed E-state index contributed by atoms with van der Waals surface area (Å²) in [5.41, 5.74) is 3.71. The van der Waals surface area contributed by atoms with Crippen LogP contribution >= 0.6 is 11.3 Å². The van der Waals surface area contributed by atoms with Gasteiger partial charge in [-0.1, -0.05) is 42.0 Å². The molecule has 0 aliphatic carbocycles. The first-order valence-electron chi connectivity index (χ1n) is 11.3. The summed E-state index contributed by atoms with van der Waals surface area (Å²) in [4.78, 5) is 20.3. The molecule has 34 heavy (non-hydrogen) atoms. The Morgan fingerprint density at radius 1 is 0.912 bits per heavy atom. The summed E-state index contributed by atoms with van der Waals surface area (Å²) >= 11 is 1.45. The van der Waals surface area contributed by atoms with Crippen LogP contribution in [0.2, 0.25) is 0 Å². The number of carbonyl (C=O) groups excluding carboxylic acids is 1. The lowest BCUT2D eigenvalue weighted by molar-refractivity contribution is 0.0690. The average molecular weight is 494 g/mol. The Hall–Kier alpha value is -3.10. The molecule has 8 heteroatoms. The van der Waals surface area contributed by atoms with E-state index >= 15 is 0 Å². The van der Waals surface area contributed by atoms with Gasteiger partial charge in [-0.3, -0.25) is 4.79 Å². The second-order valence-electron chi connectivity index (χ2n) is 8.72. The maximum atomic E-state index is 13.9. The van der Waals surface area contributed by atoms with Crippen LogP contribution in [0.25, 0.3) is 5.70 Å². The number of hydrogen-bond donors (Lipinski definition) is 0. The van der Waals surface area contributed by atoms with Crippen LogP contribution in [0.15, 0.2) is 75.8 Å². The maximum absolute atomic E-state index is 13.9. The van der Waals surface area contributed by atoms with Gasteiger partial charge in [-0.2, -0.15) is 0 Å². The van der Waals surface area contributed by atoms with Crippen LogP contribution in [-0.4, -0.2) is 63.9 Å². The van der Waals surface area contributed by atoms with E-state index in [1.54, 1.807) is 12.1 Å². The molecule has 2 aliphatic rings. The van der Waals surface area contributed by atoms with Crippen molar-refractivity contribution in [1.29, 1.82) is 0 Å². The van der Waals surface area contributed by atoms with Crippen molar-refractivity contribution in [3.63, 3.8) is 0 Å². The first-order chi connectivity index (χ1) is 16.4. The zero-order valence-electron chi connectivity index (χ0n) is 19.3. The third kappa shape index (κ3) is 4.01. The number of carbonyl (C=O) groups is 1. The fraction of sp³-hybridized carbons (Fsp3) is 0.269. The highest BCUT2D eigenvalue weighted by atomic mass is 32.2. The van der Waals surface area contributed by atoms with Crippen molar-refractivity contribution in [1.82, 2.24) is 9.80 Å². The van der Waals surface area contributed by atoms with Crippen molar-refractivity contribution in [2.75, 3.05) is 44.7 Å². The summed E-state index contributed by atoms with van der Waals surface area (Å²) < 4.78 is 27.7. The Labute approximate surface area is 204 Å². The second-order valence-corrected chi connectivity index (χ2v) is 11.6. The molecule has 5 rings (SSSR count). The Balaban J connectivity index is 1.54. The quantitative estimate of drug-likeness (QED) is 0.548. The van der Waals surface area contributed by atoms with E-state index in [1.165, 1.54) is 11.3 Å². The molecule has 0 bridgehead atoms. The number of likely N-dealkylation sites (N-methyl/N-ethyl adjacent to an activating group) is 1. The molecule has 2 aliphatic heterocycles. The molecule has 0 atom stereocenters. The lowest BCUT2D eigenvalue weighted by Gasteiger charge is -2.41. The minimum absolute atomic E-state index is 0.0416. The van der Waals surface area contributed by atoms with E-state index in [0.29, 0.717) is 42.5 Å². The Morgan fingerprint density at radius 2 is 1.62 bits per heavy atom. The predicted molar refractivity (Wildman–Crippen MR) is 137 cm³/mol. The van der Waals surface area contributed by atoms with Crippen LogP contribution in [0.4, 0.5) is 5.69 Å². The largest absolute Gasteiger partial charge is 0.369 e. The topological polar surface area (TPSA) is 60.9 Å². The number of piperazine rings is 1.